The third-order valence-electron chi connectivity index (χ3n) is 3.22. The van der Waals surface area contributed by atoms with Crippen molar-refractivity contribution in [2.75, 3.05) is 7.05 Å². The predicted octanol–water partition coefficient (Wildman–Crippen LogP) is 2.13. The molecule has 13 heavy (non-hydrogen) atoms. The number of rotatable bonds is 3. The molecule has 1 saturated carbocycles. The standard InChI is InChI=1S/C11H21NO/c1-11(2,12-3)10(13)9-7-5-4-6-8-9/h9,12H,4-8H2,1-3H3. The maximum atomic E-state index is 12.0. The summed E-state index contributed by atoms with van der Waals surface area (Å²) in [5.74, 6) is 0.714. The van der Waals surface area contributed by atoms with Crippen molar-refractivity contribution in [2.24, 2.45) is 5.92 Å². The smallest absolute Gasteiger partial charge is 0.155 e. The molecular formula is C11H21NO. The van der Waals surface area contributed by atoms with Gasteiger partial charge >= 0.3 is 0 Å². The Hall–Kier alpha value is -0.370. The van der Waals surface area contributed by atoms with Gasteiger partial charge in [0.25, 0.3) is 0 Å². The molecule has 1 aliphatic carbocycles. The Morgan fingerprint density at radius 1 is 1.23 bits per heavy atom. The van der Waals surface area contributed by atoms with Gasteiger partial charge in [-0.1, -0.05) is 19.3 Å². The fourth-order valence-electron chi connectivity index (χ4n) is 2.00. The van der Waals surface area contributed by atoms with Gasteiger partial charge in [-0.3, -0.25) is 4.79 Å². The fraction of sp³-hybridized carbons (Fsp3) is 0.909. The highest BCUT2D eigenvalue weighted by Crippen LogP contribution is 2.27. The highest BCUT2D eigenvalue weighted by molar-refractivity contribution is 5.89. The molecule has 0 aromatic heterocycles. The molecule has 0 amide bonds. The minimum atomic E-state index is -0.331. The molecule has 0 bridgehead atoms. The van der Waals surface area contributed by atoms with Crippen molar-refractivity contribution in [3.8, 4) is 0 Å². The minimum absolute atomic E-state index is 0.316. The Bertz CT molecular complexity index is 181. The van der Waals surface area contributed by atoms with Crippen LogP contribution in [0.5, 0.6) is 0 Å². The Labute approximate surface area is 81.1 Å². The van der Waals surface area contributed by atoms with Crippen LogP contribution in [0.3, 0.4) is 0 Å². The topological polar surface area (TPSA) is 29.1 Å². The van der Waals surface area contributed by atoms with E-state index in [4.69, 9.17) is 0 Å². The zero-order valence-corrected chi connectivity index (χ0v) is 9.02. The number of hydrogen-bond acceptors (Lipinski definition) is 2. The van der Waals surface area contributed by atoms with Crippen LogP contribution in [0.4, 0.5) is 0 Å². The van der Waals surface area contributed by atoms with Gasteiger partial charge in [-0.25, -0.2) is 0 Å². The third kappa shape index (κ3) is 2.53. The van der Waals surface area contributed by atoms with Crippen molar-refractivity contribution < 1.29 is 4.79 Å². The lowest BCUT2D eigenvalue weighted by Gasteiger charge is -2.30. The monoisotopic (exact) mass is 183 g/mol. The summed E-state index contributed by atoms with van der Waals surface area (Å²) in [4.78, 5) is 12.0. The van der Waals surface area contributed by atoms with E-state index in [0.717, 1.165) is 12.8 Å². The number of Topliss-reactive ketones (excluding diaryl/α,β-unsaturated/α-hetero) is 1. The summed E-state index contributed by atoms with van der Waals surface area (Å²) in [5, 5.41) is 3.09. The molecule has 2 heteroatoms. The van der Waals surface area contributed by atoms with E-state index in [-0.39, 0.29) is 5.54 Å². The van der Waals surface area contributed by atoms with Crippen molar-refractivity contribution in [1.29, 1.82) is 0 Å². The molecule has 76 valence electrons. The van der Waals surface area contributed by atoms with E-state index in [1.165, 1.54) is 19.3 Å². The molecule has 0 unspecified atom stereocenters. The summed E-state index contributed by atoms with van der Waals surface area (Å²) in [6.45, 7) is 3.95. The van der Waals surface area contributed by atoms with Crippen molar-refractivity contribution in [3.63, 3.8) is 0 Å². The van der Waals surface area contributed by atoms with E-state index in [0.29, 0.717) is 11.7 Å². The number of ketones is 1. The van der Waals surface area contributed by atoms with E-state index in [2.05, 4.69) is 5.32 Å². The summed E-state index contributed by atoms with van der Waals surface area (Å²) >= 11 is 0. The van der Waals surface area contributed by atoms with Crippen LogP contribution in [0.15, 0.2) is 0 Å². The predicted molar refractivity (Wildman–Crippen MR) is 54.7 cm³/mol. The van der Waals surface area contributed by atoms with Crippen molar-refractivity contribution in [2.45, 2.75) is 51.5 Å². The summed E-state index contributed by atoms with van der Waals surface area (Å²) < 4.78 is 0. The first kappa shape index (κ1) is 10.7. The summed E-state index contributed by atoms with van der Waals surface area (Å²) in [6, 6.07) is 0. The second-order valence-corrected chi connectivity index (χ2v) is 4.57. The molecule has 0 radical (unpaired) electrons. The number of carbonyl (C=O) groups excluding carboxylic acids is 1. The van der Waals surface area contributed by atoms with E-state index in [1.807, 2.05) is 20.9 Å². The van der Waals surface area contributed by atoms with Crippen LogP contribution in [-0.4, -0.2) is 18.4 Å². The highest BCUT2D eigenvalue weighted by Gasteiger charge is 2.32. The maximum Gasteiger partial charge on any atom is 0.155 e. The summed E-state index contributed by atoms with van der Waals surface area (Å²) in [7, 11) is 1.86. The summed E-state index contributed by atoms with van der Waals surface area (Å²) in [6.07, 6.45) is 5.98. The van der Waals surface area contributed by atoms with Crippen LogP contribution in [-0.2, 0) is 4.79 Å². The molecule has 0 aromatic carbocycles. The number of hydrogen-bond donors (Lipinski definition) is 1. The number of likely N-dealkylation sites (N-methyl/N-ethyl adjacent to an activating group) is 1. The van der Waals surface area contributed by atoms with Crippen LogP contribution in [0.25, 0.3) is 0 Å². The molecular weight excluding hydrogens is 162 g/mol. The SMILES string of the molecule is CNC(C)(C)C(=O)C1CCCCC1. The van der Waals surface area contributed by atoms with Gasteiger partial charge in [0.2, 0.25) is 0 Å². The van der Waals surface area contributed by atoms with Crippen LogP contribution in [0.2, 0.25) is 0 Å². The average Bonchev–Trinajstić information content (AvgIpc) is 2.18. The second-order valence-electron chi connectivity index (χ2n) is 4.57. The molecule has 1 N–H and O–H groups in total. The van der Waals surface area contributed by atoms with Crippen molar-refractivity contribution in [1.82, 2.24) is 5.32 Å². The molecule has 1 rings (SSSR count). The van der Waals surface area contributed by atoms with Crippen molar-refractivity contribution in [3.05, 3.63) is 0 Å². The normalized spacial score (nSPS) is 20.2. The zero-order valence-electron chi connectivity index (χ0n) is 9.02. The van der Waals surface area contributed by atoms with Gasteiger partial charge in [0.05, 0.1) is 5.54 Å². The fourth-order valence-corrected chi connectivity index (χ4v) is 2.00. The maximum absolute atomic E-state index is 12.0. The van der Waals surface area contributed by atoms with Gasteiger partial charge in [-0.2, -0.15) is 0 Å². The minimum Gasteiger partial charge on any atom is -0.308 e. The molecule has 1 aliphatic rings. The number of nitrogens with one attached hydrogen (secondary N) is 1. The van der Waals surface area contributed by atoms with Crippen LogP contribution in [0.1, 0.15) is 46.0 Å². The first-order chi connectivity index (χ1) is 6.08. The van der Waals surface area contributed by atoms with E-state index < -0.39 is 0 Å². The molecule has 1 fully saturated rings. The Morgan fingerprint density at radius 3 is 2.23 bits per heavy atom. The van der Waals surface area contributed by atoms with Gasteiger partial charge in [0, 0.05) is 5.92 Å². The second kappa shape index (κ2) is 4.23. The summed E-state index contributed by atoms with van der Waals surface area (Å²) in [5.41, 5.74) is -0.331. The molecule has 0 aromatic rings. The molecule has 0 saturated heterocycles. The van der Waals surface area contributed by atoms with Gasteiger partial charge in [-0.05, 0) is 33.7 Å². The van der Waals surface area contributed by atoms with Gasteiger partial charge in [0.1, 0.15) is 0 Å². The van der Waals surface area contributed by atoms with Crippen LogP contribution < -0.4 is 5.32 Å². The first-order valence-corrected chi connectivity index (χ1v) is 5.31. The average molecular weight is 183 g/mol. The molecule has 0 spiro atoms. The van der Waals surface area contributed by atoms with E-state index in [1.54, 1.807) is 0 Å². The lowest BCUT2D eigenvalue weighted by atomic mass is 9.80. The Balaban J connectivity index is 2.55. The molecule has 0 atom stereocenters. The van der Waals surface area contributed by atoms with Crippen LogP contribution >= 0.6 is 0 Å². The van der Waals surface area contributed by atoms with Gasteiger partial charge in [0.15, 0.2) is 5.78 Å². The quantitative estimate of drug-likeness (QED) is 0.726. The van der Waals surface area contributed by atoms with Gasteiger partial charge < -0.3 is 5.32 Å². The Kier molecular flexibility index (Phi) is 3.48. The Morgan fingerprint density at radius 2 is 1.77 bits per heavy atom. The first-order valence-electron chi connectivity index (χ1n) is 5.31. The molecule has 2 nitrogen and oxygen atoms in total. The lowest BCUT2D eigenvalue weighted by molar-refractivity contribution is -0.129. The highest BCUT2D eigenvalue weighted by atomic mass is 16.1. The lowest BCUT2D eigenvalue weighted by Crippen LogP contribution is -2.48. The third-order valence-corrected chi connectivity index (χ3v) is 3.22. The van der Waals surface area contributed by atoms with Crippen molar-refractivity contribution >= 4 is 5.78 Å². The van der Waals surface area contributed by atoms with Gasteiger partial charge in [-0.15, -0.1) is 0 Å². The zero-order chi connectivity index (χ0) is 9.90. The van der Waals surface area contributed by atoms with Crippen LogP contribution in [0, 0.1) is 5.92 Å². The molecule has 0 heterocycles. The largest absolute Gasteiger partial charge is 0.308 e. The molecule has 0 aliphatic heterocycles. The number of carbonyl (C=O) groups is 1. The van der Waals surface area contributed by atoms with E-state index >= 15 is 0 Å². The van der Waals surface area contributed by atoms with E-state index in [9.17, 15) is 4.79 Å².